The molecule has 0 unspecified atom stereocenters. The average molecular weight is 137 g/mol. The van der Waals surface area contributed by atoms with Crippen LogP contribution in [0.25, 0.3) is 10.3 Å². The molecule has 3 heteroatoms. The maximum atomic E-state index is 4.12. The normalized spacial score (nSPS) is 10.2. The summed E-state index contributed by atoms with van der Waals surface area (Å²) in [6, 6.07) is 2.00. The quantitative estimate of drug-likeness (QED) is 0.534. The molecule has 0 atom stereocenters. The first-order valence-corrected chi connectivity index (χ1v) is 3.55. The maximum Gasteiger partial charge on any atom is 0.285 e. The minimum Gasteiger partial charge on any atom is -0.243 e. The van der Waals surface area contributed by atoms with Gasteiger partial charge in [-0.1, -0.05) is 11.3 Å². The van der Waals surface area contributed by atoms with Crippen molar-refractivity contribution >= 4 is 21.7 Å². The zero-order chi connectivity index (χ0) is 6.10. The number of aromatic nitrogens is 2. The highest BCUT2D eigenvalue weighted by molar-refractivity contribution is 7.16. The maximum absolute atomic E-state index is 4.12. The lowest BCUT2D eigenvalue weighted by atomic mass is 10.5. The molecule has 0 radical (unpaired) electrons. The van der Waals surface area contributed by atoms with E-state index in [4.69, 9.17) is 0 Å². The van der Waals surface area contributed by atoms with Crippen molar-refractivity contribution in [2.45, 2.75) is 0 Å². The van der Waals surface area contributed by atoms with Crippen LogP contribution in [0.5, 0.6) is 0 Å². The molecule has 1 N–H and O–H groups in total. The summed E-state index contributed by atoms with van der Waals surface area (Å²) in [4.78, 5) is 8.34. The number of thiophene rings is 1. The summed E-state index contributed by atoms with van der Waals surface area (Å²) in [5, 5.41) is 2.02. The molecule has 44 valence electrons. The van der Waals surface area contributed by atoms with Gasteiger partial charge in [-0.05, 0) is 11.4 Å². The highest BCUT2D eigenvalue weighted by atomic mass is 32.1. The van der Waals surface area contributed by atoms with Crippen LogP contribution in [0, 0.1) is 0 Å². The number of hydrogen-bond acceptors (Lipinski definition) is 2. The van der Waals surface area contributed by atoms with E-state index in [1.165, 1.54) is 0 Å². The van der Waals surface area contributed by atoms with Gasteiger partial charge in [-0.3, -0.25) is 0 Å². The van der Waals surface area contributed by atoms with Crippen LogP contribution in [0.2, 0.25) is 0 Å². The smallest absolute Gasteiger partial charge is 0.243 e. The van der Waals surface area contributed by atoms with Crippen molar-refractivity contribution in [2.24, 2.45) is 0 Å². The van der Waals surface area contributed by atoms with Crippen molar-refractivity contribution in [1.82, 2.24) is 4.98 Å². The summed E-state index contributed by atoms with van der Waals surface area (Å²) < 4.78 is 0. The lowest BCUT2D eigenvalue weighted by Gasteiger charge is -1.74. The van der Waals surface area contributed by atoms with E-state index >= 15 is 0 Å². The number of rotatable bonds is 0. The average Bonchev–Trinajstić information content (AvgIpc) is 2.33. The lowest BCUT2D eigenvalue weighted by Crippen LogP contribution is -1.98. The Morgan fingerprint density at radius 2 is 2.56 bits per heavy atom. The zero-order valence-corrected chi connectivity index (χ0v) is 5.48. The van der Waals surface area contributed by atoms with Crippen molar-refractivity contribution < 1.29 is 4.98 Å². The molecule has 2 heterocycles. The van der Waals surface area contributed by atoms with Crippen LogP contribution in [-0.4, -0.2) is 4.98 Å². The fourth-order valence-corrected chi connectivity index (χ4v) is 1.45. The molecule has 9 heavy (non-hydrogen) atoms. The number of nitrogens with one attached hydrogen (secondary N) is 1. The predicted octanol–water partition coefficient (Wildman–Crippen LogP) is 1.11. The first-order valence-electron chi connectivity index (χ1n) is 2.67. The van der Waals surface area contributed by atoms with Gasteiger partial charge in [0, 0.05) is 0 Å². The minimum absolute atomic E-state index is 1.04. The molecule has 0 saturated heterocycles. The highest BCUT2D eigenvalue weighted by Gasteiger charge is 1.97. The van der Waals surface area contributed by atoms with E-state index in [-0.39, 0.29) is 0 Å². The number of fused-ring (bicyclic) bond motifs is 1. The summed E-state index contributed by atoms with van der Waals surface area (Å²) in [5.74, 6) is 0. The molecule has 0 aromatic carbocycles. The molecule has 0 spiro atoms. The topological polar surface area (TPSA) is 27.0 Å². The van der Waals surface area contributed by atoms with Gasteiger partial charge in [0.2, 0.25) is 0 Å². The van der Waals surface area contributed by atoms with Gasteiger partial charge in [-0.2, -0.15) is 4.98 Å². The van der Waals surface area contributed by atoms with Crippen LogP contribution in [0.1, 0.15) is 0 Å². The van der Waals surface area contributed by atoms with Gasteiger partial charge in [-0.25, -0.2) is 4.98 Å². The standard InChI is InChI=1S/C6H4N2S/c1-4-9-6-5(1)7-2-3-8-6/h1-4H/p+1. The van der Waals surface area contributed by atoms with Crippen molar-refractivity contribution in [1.29, 1.82) is 0 Å². The second-order valence-corrected chi connectivity index (χ2v) is 2.64. The molecule has 0 aliphatic carbocycles. The van der Waals surface area contributed by atoms with Crippen LogP contribution in [0.3, 0.4) is 0 Å². The number of hydrogen-bond donors (Lipinski definition) is 0. The third kappa shape index (κ3) is 0.695. The van der Waals surface area contributed by atoms with E-state index in [1.54, 1.807) is 17.5 Å². The number of aromatic amines is 1. The van der Waals surface area contributed by atoms with Crippen molar-refractivity contribution in [3.8, 4) is 0 Å². The fourth-order valence-electron chi connectivity index (χ4n) is 0.743. The molecular formula is C6H5N2S+. The van der Waals surface area contributed by atoms with Crippen LogP contribution < -0.4 is 4.98 Å². The summed E-state index contributed by atoms with van der Waals surface area (Å²) in [6.45, 7) is 0. The Labute approximate surface area is 56.2 Å². The molecule has 0 amide bonds. The van der Waals surface area contributed by atoms with Gasteiger partial charge < -0.3 is 0 Å². The van der Waals surface area contributed by atoms with E-state index in [1.807, 2.05) is 17.6 Å². The summed E-state index contributed by atoms with van der Waals surface area (Å²) in [7, 11) is 0. The second-order valence-electron chi connectivity index (χ2n) is 1.72. The molecule has 2 nitrogen and oxygen atoms in total. The third-order valence-corrected chi connectivity index (χ3v) is 1.98. The molecular weight excluding hydrogens is 132 g/mol. The highest BCUT2D eigenvalue weighted by Crippen LogP contribution is 2.10. The molecule has 0 aliphatic rings. The van der Waals surface area contributed by atoms with Crippen LogP contribution in [0.15, 0.2) is 23.8 Å². The molecule has 0 saturated carbocycles. The molecule has 0 fully saturated rings. The van der Waals surface area contributed by atoms with Crippen LogP contribution in [-0.2, 0) is 0 Å². The Morgan fingerprint density at radius 3 is 3.44 bits per heavy atom. The largest absolute Gasteiger partial charge is 0.285 e. The zero-order valence-electron chi connectivity index (χ0n) is 4.66. The lowest BCUT2D eigenvalue weighted by molar-refractivity contribution is -0.342. The first-order chi connectivity index (χ1) is 4.47. The Kier molecular flexibility index (Phi) is 0.960. The fraction of sp³-hybridized carbons (Fsp3) is 0. The predicted molar refractivity (Wildman–Crippen MR) is 36.2 cm³/mol. The van der Waals surface area contributed by atoms with Gasteiger partial charge in [0.05, 0.1) is 6.20 Å². The Morgan fingerprint density at radius 1 is 1.56 bits per heavy atom. The Hall–Kier alpha value is -0.960. The van der Waals surface area contributed by atoms with E-state index in [0.717, 1.165) is 10.3 Å². The van der Waals surface area contributed by atoms with E-state index in [2.05, 4.69) is 9.97 Å². The van der Waals surface area contributed by atoms with Gasteiger partial charge in [-0.15, -0.1) is 0 Å². The molecule has 0 aliphatic heterocycles. The van der Waals surface area contributed by atoms with Crippen molar-refractivity contribution in [3.63, 3.8) is 0 Å². The SMILES string of the molecule is c1c[nH+]c2sccc2n1. The van der Waals surface area contributed by atoms with E-state index in [0.29, 0.717) is 0 Å². The minimum atomic E-state index is 1.04. The molecule has 0 bridgehead atoms. The molecule has 2 aromatic rings. The molecule has 2 rings (SSSR count). The monoisotopic (exact) mass is 137 g/mol. The van der Waals surface area contributed by atoms with Gasteiger partial charge in [0.25, 0.3) is 4.83 Å². The molecule has 2 aromatic heterocycles. The van der Waals surface area contributed by atoms with Gasteiger partial charge in [0.15, 0.2) is 6.20 Å². The summed E-state index contributed by atoms with van der Waals surface area (Å²) >= 11 is 1.67. The van der Waals surface area contributed by atoms with Crippen LogP contribution >= 0.6 is 11.3 Å². The first kappa shape index (κ1) is 4.88. The Bertz CT molecular complexity index is 285. The Balaban J connectivity index is 2.95. The third-order valence-electron chi connectivity index (χ3n) is 1.15. The van der Waals surface area contributed by atoms with Crippen LogP contribution in [0.4, 0.5) is 0 Å². The van der Waals surface area contributed by atoms with Gasteiger partial charge >= 0.3 is 0 Å². The van der Waals surface area contributed by atoms with Gasteiger partial charge in [0.1, 0.15) is 5.52 Å². The van der Waals surface area contributed by atoms with E-state index in [9.17, 15) is 0 Å². The number of nitrogens with zero attached hydrogens (tertiary/aromatic N) is 1. The second kappa shape index (κ2) is 1.77. The van der Waals surface area contributed by atoms with Crippen molar-refractivity contribution in [2.75, 3.05) is 0 Å². The summed E-state index contributed by atoms with van der Waals surface area (Å²) in [5.41, 5.74) is 1.04. The number of H-pyrrole nitrogens is 1. The van der Waals surface area contributed by atoms with E-state index < -0.39 is 0 Å². The summed E-state index contributed by atoms with van der Waals surface area (Å²) in [6.07, 6.45) is 3.59. The van der Waals surface area contributed by atoms with Crippen molar-refractivity contribution in [3.05, 3.63) is 23.8 Å².